The molecule has 0 amide bonds. The predicted molar refractivity (Wildman–Crippen MR) is 65.4 cm³/mol. The largest absolute Gasteiger partial charge is 0.363 e. The maximum Gasteiger partial charge on any atom is 0.363 e. The topological polar surface area (TPSA) is 101 Å². The zero-order valence-electron chi connectivity index (χ0n) is 9.74. The fourth-order valence-corrected chi connectivity index (χ4v) is 1.60. The molecule has 0 aromatic heterocycles. The molecule has 0 unspecified atom stereocenters. The number of para-hydroxylation sites is 1. The van der Waals surface area contributed by atoms with Gasteiger partial charge in [0.15, 0.2) is 0 Å². The van der Waals surface area contributed by atoms with E-state index in [-0.39, 0.29) is 0 Å². The summed E-state index contributed by atoms with van der Waals surface area (Å²) in [7, 11) is -4.55. The Morgan fingerprint density at radius 2 is 1.71 bits per heavy atom. The normalized spacial score (nSPS) is 10.4. The first kappa shape index (κ1) is 15.8. The van der Waals surface area contributed by atoms with Gasteiger partial charge in [0, 0.05) is 6.07 Å². The number of nitro groups is 1. The highest BCUT2D eigenvalue weighted by atomic mass is 31.2. The summed E-state index contributed by atoms with van der Waals surface area (Å²) in [5, 5.41) is 9.78. The predicted octanol–water partition coefficient (Wildman–Crippen LogP) is 2.20. The Labute approximate surface area is 99.6 Å². The Morgan fingerprint density at radius 1 is 1.24 bits per heavy atom. The van der Waals surface area contributed by atoms with E-state index in [1.54, 1.807) is 0 Å². The van der Waals surface area contributed by atoms with Gasteiger partial charge < -0.3 is 9.79 Å². The van der Waals surface area contributed by atoms with Gasteiger partial charge in [-0.15, -0.1) is 0 Å². The summed E-state index contributed by atoms with van der Waals surface area (Å²) in [5.74, 6) is 0. The van der Waals surface area contributed by atoms with Crippen molar-refractivity contribution in [2.24, 2.45) is 0 Å². The molecule has 1 rings (SSSR count). The molecule has 0 radical (unpaired) electrons. The van der Waals surface area contributed by atoms with Crippen LogP contribution >= 0.6 is 7.60 Å². The summed E-state index contributed by atoms with van der Waals surface area (Å²) in [6, 6.07) is 4.77. The van der Waals surface area contributed by atoms with Gasteiger partial charge in [-0.3, -0.25) is 14.7 Å². The molecule has 0 spiro atoms. The lowest BCUT2D eigenvalue weighted by atomic mass is 10.3. The summed E-state index contributed by atoms with van der Waals surface area (Å²) < 4.78 is 10.7. The van der Waals surface area contributed by atoms with E-state index < -0.39 is 23.5 Å². The Hall–Kier alpha value is -1.23. The van der Waals surface area contributed by atoms with E-state index in [4.69, 9.17) is 9.79 Å². The first-order valence-electron chi connectivity index (χ1n) is 5.14. The molecular formula is C10H16NO5P. The second kappa shape index (κ2) is 7.17. The SMILES string of the molecule is CCCC.O=[N+]([O-])c1ccccc1P(=O)(O)O. The van der Waals surface area contributed by atoms with Crippen LogP contribution in [0.15, 0.2) is 24.3 Å². The Balaban J connectivity index is 0.000000557. The van der Waals surface area contributed by atoms with E-state index in [0.29, 0.717) is 0 Å². The molecule has 0 aliphatic heterocycles. The molecule has 6 nitrogen and oxygen atoms in total. The molecule has 7 heteroatoms. The first-order chi connectivity index (χ1) is 7.84. The summed E-state index contributed by atoms with van der Waals surface area (Å²) in [4.78, 5) is 27.0. The van der Waals surface area contributed by atoms with Crippen LogP contribution in [0.25, 0.3) is 0 Å². The third kappa shape index (κ3) is 5.58. The molecule has 1 aromatic carbocycles. The van der Waals surface area contributed by atoms with Gasteiger partial charge in [0.1, 0.15) is 5.30 Å². The van der Waals surface area contributed by atoms with Gasteiger partial charge in [0.2, 0.25) is 0 Å². The van der Waals surface area contributed by atoms with Gasteiger partial charge in [-0.1, -0.05) is 38.8 Å². The smallest absolute Gasteiger partial charge is 0.321 e. The van der Waals surface area contributed by atoms with Gasteiger partial charge in [0.25, 0.3) is 5.69 Å². The number of nitrogens with zero attached hydrogens (tertiary/aromatic N) is 1. The molecule has 0 bridgehead atoms. The van der Waals surface area contributed by atoms with Gasteiger partial charge in [-0.2, -0.15) is 0 Å². The van der Waals surface area contributed by atoms with Crippen molar-refractivity contribution in [2.75, 3.05) is 0 Å². The standard InChI is InChI=1S/C6H6NO5P.C4H10/c8-7(9)5-3-1-2-4-6(5)13(10,11)12;1-3-4-2/h1-4H,(H2,10,11,12);3-4H2,1-2H3. The number of hydrogen-bond acceptors (Lipinski definition) is 3. The minimum absolute atomic E-state index is 0.556. The van der Waals surface area contributed by atoms with Crippen molar-refractivity contribution in [3.05, 3.63) is 34.4 Å². The average molecular weight is 261 g/mol. The second-order valence-electron chi connectivity index (χ2n) is 3.29. The molecular weight excluding hydrogens is 245 g/mol. The van der Waals surface area contributed by atoms with Gasteiger partial charge >= 0.3 is 7.60 Å². The molecule has 0 aliphatic carbocycles. The molecule has 1 aromatic rings. The van der Waals surface area contributed by atoms with Gasteiger partial charge in [0.05, 0.1) is 4.92 Å². The van der Waals surface area contributed by atoms with Crippen molar-refractivity contribution in [2.45, 2.75) is 26.7 Å². The van der Waals surface area contributed by atoms with Crippen LogP contribution in [0.4, 0.5) is 5.69 Å². The summed E-state index contributed by atoms with van der Waals surface area (Å²) in [5.41, 5.74) is -0.559. The first-order valence-corrected chi connectivity index (χ1v) is 6.75. The highest BCUT2D eigenvalue weighted by Gasteiger charge is 2.27. The van der Waals surface area contributed by atoms with Crippen LogP contribution in [0.1, 0.15) is 26.7 Å². The third-order valence-corrected chi connectivity index (χ3v) is 2.90. The molecule has 17 heavy (non-hydrogen) atoms. The molecule has 0 saturated heterocycles. The van der Waals surface area contributed by atoms with Crippen LogP contribution in [-0.2, 0) is 4.57 Å². The molecule has 0 heterocycles. The molecule has 0 saturated carbocycles. The summed E-state index contributed by atoms with van der Waals surface area (Å²) in [6.07, 6.45) is 2.64. The van der Waals surface area contributed by atoms with Gasteiger partial charge in [-0.05, 0) is 6.07 Å². The molecule has 0 atom stereocenters. The highest BCUT2D eigenvalue weighted by molar-refractivity contribution is 7.60. The van der Waals surface area contributed by atoms with E-state index in [9.17, 15) is 14.7 Å². The Morgan fingerprint density at radius 3 is 2.00 bits per heavy atom. The number of nitro benzene ring substituents is 1. The van der Waals surface area contributed by atoms with Crippen molar-refractivity contribution >= 4 is 18.6 Å². The number of unbranched alkanes of at least 4 members (excludes halogenated alkanes) is 1. The second-order valence-corrected chi connectivity index (χ2v) is 4.86. The van der Waals surface area contributed by atoms with Crippen molar-refractivity contribution in [1.82, 2.24) is 0 Å². The minimum atomic E-state index is -4.55. The van der Waals surface area contributed by atoms with Crippen molar-refractivity contribution < 1.29 is 19.3 Å². The quantitative estimate of drug-likeness (QED) is 0.493. The maximum atomic E-state index is 10.7. The van der Waals surface area contributed by atoms with E-state index in [0.717, 1.165) is 12.1 Å². The van der Waals surface area contributed by atoms with E-state index in [2.05, 4.69) is 13.8 Å². The van der Waals surface area contributed by atoms with Crippen LogP contribution in [-0.4, -0.2) is 14.7 Å². The molecule has 96 valence electrons. The number of hydrogen-bond donors (Lipinski definition) is 2. The third-order valence-electron chi connectivity index (χ3n) is 1.89. The molecule has 2 N–H and O–H groups in total. The molecule has 0 fully saturated rings. The average Bonchev–Trinajstić information content (AvgIpc) is 2.28. The van der Waals surface area contributed by atoms with Crippen LogP contribution in [0, 0.1) is 10.1 Å². The minimum Gasteiger partial charge on any atom is -0.321 e. The maximum absolute atomic E-state index is 10.7. The number of rotatable bonds is 3. The Kier molecular flexibility index (Phi) is 6.65. The lowest BCUT2D eigenvalue weighted by Crippen LogP contribution is -2.09. The van der Waals surface area contributed by atoms with E-state index >= 15 is 0 Å². The Bertz CT molecular complexity index is 413. The summed E-state index contributed by atoms with van der Waals surface area (Å²) in [6.45, 7) is 4.36. The van der Waals surface area contributed by atoms with Gasteiger partial charge in [-0.25, -0.2) is 0 Å². The summed E-state index contributed by atoms with van der Waals surface area (Å²) >= 11 is 0. The fourth-order valence-electron chi connectivity index (χ4n) is 0.865. The monoisotopic (exact) mass is 261 g/mol. The lowest BCUT2D eigenvalue weighted by Gasteiger charge is -2.03. The van der Waals surface area contributed by atoms with Crippen molar-refractivity contribution in [3.8, 4) is 0 Å². The van der Waals surface area contributed by atoms with Crippen LogP contribution in [0.3, 0.4) is 0 Å². The van der Waals surface area contributed by atoms with Crippen LogP contribution in [0.2, 0.25) is 0 Å². The zero-order chi connectivity index (χ0) is 13.5. The van der Waals surface area contributed by atoms with Crippen LogP contribution < -0.4 is 5.30 Å². The lowest BCUT2D eigenvalue weighted by molar-refractivity contribution is -0.383. The fraction of sp³-hybridized carbons (Fsp3) is 0.400. The highest BCUT2D eigenvalue weighted by Crippen LogP contribution is 2.36. The zero-order valence-corrected chi connectivity index (χ0v) is 10.6. The van der Waals surface area contributed by atoms with Crippen molar-refractivity contribution in [1.29, 1.82) is 0 Å². The molecule has 0 aliphatic rings. The number of benzene rings is 1. The van der Waals surface area contributed by atoms with E-state index in [1.165, 1.54) is 25.0 Å². The van der Waals surface area contributed by atoms with Crippen LogP contribution in [0.5, 0.6) is 0 Å². The van der Waals surface area contributed by atoms with Crippen molar-refractivity contribution in [3.63, 3.8) is 0 Å². The van der Waals surface area contributed by atoms with E-state index in [1.807, 2.05) is 0 Å².